The Kier molecular flexibility index (Phi) is 11.3. The molecule has 0 bridgehead atoms. The number of guanidine groups is 1. The zero-order chi connectivity index (χ0) is 15.7. The standard InChI is InChI=1S/C17H29N3O.HI/c1-5-18-17(20-11-15(4)12-21)19-7-6-16-9-13(2)8-14(3)10-16;/h8-10,15,21H,5-7,11-12H2,1-4H3,(H2,18,19,20);1H. The Bertz CT molecular complexity index is 443. The summed E-state index contributed by atoms with van der Waals surface area (Å²) >= 11 is 0. The fraction of sp³-hybridized carbons (Fsp3) is 0.588. The van der Waals surface area contributed by atoms with Gasteiger partial charge in [-0.15, -0.1) is 24.0 Å². The molecule has 1 aromatic carbocycles. The second-order valence-corrected chi connectivity index (χ2v) is 5.68. The minimum atomic E-state index is 0. The summed E-state index contributed by atoms with van der Waals surface area (Å²) in [5, 5.41) is 15.6. The molecule has 0 amide bonds. The molecule has 0 heterocycles. The highest BCUT2D eigenvalue weighted by Gasteiger charge is 2.02. The Morgan fingerprint density at radius 2 is 1.82 bits per heavy atom. The Balaban J connectivity index is 0.00000441. The van der Waals surface area contributed by atoms with E-state index in [9.17, 15) is 0 Å². The van der Waals surface area contributed by atoms with Gasteiger partial charge in [-0.25, -0.2) is 0 Å². The molecule has 0 aliphatic carbocycles. The molecule has 4 nitrogen and oxygen atoms in total. The maximum Gasteiger partial charge on any atom is 0.191 e. The zero-order valence-electron chi connectivity index (χ0n) is 14.1. The van der Waals surface area contributed by atoms with Crippen molar-refractivity contribution in [2.24, 2.45) is 10.9 Å². The van der Waals surface area contributed by atoms with E-state index in [2.05, 4.69) is 54.6 Å². The second-order valence-electron chi connectivity index (χ2n) is 5.68. The summed E-state index contributed by atoms with van der Waals surface area (Å²) in [4.78, 5) is 4.48. The monoisotopic (exact) mass is 419 g/mol. The van der Waals surface area contributed by atoms with Gasteiger partial charge in [-0.05, 0) is 38.7 Å². The number of aryl methyl sites for hydroxylation is 2. The van der Waals surface area contributed by atoms with Gasteiger partial charge in [-0.3, -0.25) is 4.99 Å². The predicted molar refractivity (Wildman–Crippen MR) is 105 cm³/mol. The average molecular weight is 419 g/mol. The highest BCUT2D eigenvalue weighted by Crippen LogP contribution is 2.08. The van der Waals surface area contributed by atoms with E-state index in [0.717, 1.165) is 25.5 Å². The number of benzene rings is 1. The van der Waals surface area contributed by atoms with Gasteiger partial charge in [0.15, 0.2) is 5.96 Å². The van der Waals surface area contributed by atoms with Gasteiger partial charge < -0.3 is 15.7 Å². The molecular formula is C17H30IN3O. The quantitative estimate of drug-likeness (QED) is 0.362. The number of halogens is 1. The lowest BCUT2D eigenvalue weighted by Crippen LogP contribution is -2.38. The first-order valence-corrected chi connectivity index (χ1v) is 7.75. The van der Waals surface area contributed by atoms with Gasteiger partial charge in [-0.2, -0.15) is 0 Å². The SMILES string of the molecule is CCNC(=NCC(C)CO)NCCc1cc(C)cc(C)c1.I. The van der Waals surface area contributed by atoms with Crippen LogP contribution < -0.4 is 10.6 Å². The molecule has 0 aromatic heterocycles. The van der Waals surface area contributed by atoms with Crippen LogP contribution in [-0.4, -0.2) is 37.3 Å². The van der Waals surface area contributed by atoms with Gasteiger partial charge in [0.25, 0.3) is 0 Å². The van der Waals surface area contributed by atoms with Crippen LogP contribution in [0.5, 0.6) is 0 Å². The van der Waals surface area contributed by atoms with Gasteiger partial charge >= 0.3 is 0 Å². The molecule has 1 rings (SSSR count). The Morgan fingerprint density at radius 1 is 1.18 bits per heavy atom. The van der Waals surface area contributed by atoms with Crippen molar-refractivity contribution in [1.29, 1.82) is 0 Å². The molecule has 126 valence electrons. The van der Waals surface area contributed by atoms with Crippen LogP contribution in [0.25, 0.3) is 0 Å². The second kappa shape index (κ2) is 11.7. The summed E-state index contributed by atoms with van der Waals surface area (Å²) in [5.74, 6) is 1.02. The van der Waals surface area contributed by atoms with Crippen LogP contribution in [0.15, 0.2) is 23.2 Å². The highest BCUT2D eigenvalue weighted by molar-refractivity contribution is 14.0. The van der Waals surface area contributed by atoms with E-state index in [1.165, 1.54) is 16.7 Å². The van der Waals surface area contributed by atoms with Gasteiger partial charge in [0.05, 0.1) is 0 Å². The van der Waals surface area contributed by atoms with Gasteiger partial charge in [0.2, 0.25) is 0 Å². The molecule has 0 spiro atoms. The summed E-state index contributed by atoms with van der Waals surface area (Å²) < 4.78 is 0. The minimum absolute atomic E-state index is 0. The van der Waals surface area contributed by atoms with Crippen LogP contribution in [-0.2, 0) is 6.42 Å². The van der Waals surface area contributed by atoms with Crippen LogP contribution in [0.4, 0.5) is 0 Å². The summed E-state index contributed by atoms with van der Waals surface area (Å²) in [7, 11) is 0. The van der Waals surface area contributed by atoms with Gasteiger partial charge in [-0.1, -0.05) is 36.2 Å². The fourth-order valence-electron chi connectivity index (χ4n) is 2.19. The van der Waals surface area contributed by atoms with Crippen LogP contribution in [0.2, 0.25) is 0 Å². The third kappa shape index (κ3) is 8.58. The Labute approximate surface area is 151 Å². The van der Waals surface area contributed by atoms with Crippen molar-refractivity contribution in [2.45, 2.75) is 34.1 Å². The van der Waals surface area contributed by atoms with Crippen molar-refractivity contribution in [3.05, 3.63) is 34.9 Å². The number of aliphatic hydroxyl groups is 1. The van der Waals surface area contributed by atoms with Crippen molar-refractivity contribution in [3.63, 3.8) is 0 Å². The first-order chi connectivity index (χ1) is 10.0. The number of nitrogens with zero attached hydrogens (tertiary/aromatic N) is 1. The van der Waals surface area contributed by atoms with Gasteiger partial charge in [0.1, 0.15) is 0 Å². The molecule has 0 fully saturated rings. The fourth-order valence-corrected chi connectivity index (χ4v) is 2.19. The molecule has 1 unspecified atom stereocenters. The van der Waals surface area contributed by atoms with E-state index in [0.29, 0.717) is 6.54 Å². The van der Waals surface area contributed by atoms with Crippen molar-refractivity contribution in [1.82, 2.24) is 10.6 Å². The lowest BCUT2D eigenvalue weighted by molar-refractivity contribution is 0.241. The third-order valence-corrected chi connectivity index (χ3v) is 3.20. The minimum Gasteiger partial charge on any atom is -0.396 e. The molecule has 5 heteroatoms. The summed E-state index contributed by atoms with van der Waals surface area (Å²) in [6.07, 6.45) is 0.975. The van der Waals surface area contributed by atoms with Gasteiger partial charge in [0, 0.05) is 26.2 Å². The lowest BCUT2D eigenvalue weighted by Gasteiger charge is -2.13. The highest BCUT2D eigenvalue weighted by atomic mass is 127. The average Bonchev–Trinajstić information content (AvgIpc) is 2.43. The van der Waals surface area contributed by atoms with Crippen LogP contribution in [0.1, 0.15) is 30.5 Å². The normalized spacial score (nSPS) is 12.5. The van der Waals surface area contributed by atoms with E-state index in [1.54, 1.807) is 0 Å². The molecule has 0 aliphatic rings. The number of hydrogen-bond donors (Lipinski definition) is 3. The number of hydrogen-bond acceptors (Lipinski definition) is 2. The van der Waals surface area contributed by atoms with Crippen molar-refractivity contribution in [2.75, 3.05) is 26.2 Å². The third-order valence-electron chi connectivity index (χ3n) is 3.20. The number of nitrogens with one attached hydrogen (secondary N) is 2. The maximum absolute atomic E-state index is 9.04. The van der Waals surface area contributed by atoms with E-state index < -0.39 is 0 Å². The number of aliphatic imine (C=N–C) groups is 1. The first kappa shape index (κ1) is 21.2. The molecule has 0 saturated carbocycles. The molecule has 3 N–H and O–H groups in total. The van der Waals surface area contributed by atoms with E-state index in [4.69, 9.17) is 5.11 Å². The number of rotatable bonds is 7. The van der Waals surface area contributed by atoms with Crippen molar-refractivity contribution >= 4 is 29.9 Å². The number of aliphatic hydroxyl groups excluding tert-OH is 1. The molecule has 1 aromatic rings. The molecule has 1 atom stereocenters. The van der Waals surface area contributed by atoms with Crippen molar-refractivity contribution in [3.8, 4) is 0 Å². The first-order valence-electron chi connectivity index (χ1n) is 7.75. The summed E-state index contributed by atoms with van der Waals surface area (Å²) in [6, 6.07) is 6.65. The van der Waals surface area contributed by atoms with E-state index in [-0.39, 0.29) is 36.5 Å². The molecule has 22 heavy (non-hydrogen) atoms. The zero-order valence-corrected chi connectivity index (χ0v) is 16.5. The molecule has 0 saturated heterocycles. The molecule has 0 radical (unpaired) electrons. The lowest BCUT2D eigenvalue weighted by atomic mass is 10.1. The van der Waals surface area contributed by atoms with E-state index >= 15 is 0 Å². The molecule has 0 aliphatic heterocycles. The smallest absolute Gasteiger partial charge is 0.191 e. The Hall–Kier alpha value is -0.820. The van der Waals surface area contributed by atoms with Crippen LogP contribution >= 0.6 is 24.0 Å². The Morgan fingerprint density at radius 3 is 2.36 bits per heavy atom. The predicted octanol–water partition coefficient (Wildman–Crippen LogP) is 2.65. The van der Waals surface area contributed by atoms with Crippen LogP contribution in [0, 0.1) is 19.8 Å². The largest absolute Gasteiger partial charge is 0.396 e. The van der Waals surface area contributed by atoms with Crippen molar-refractivity contribution < 1.29 is 5.11 Å². The summed E-state index contributed by atoms with van der Waals surface area (Å²) in [6.45, 7) is 10.8. The van der Waals surface area contributed by atoms with Crippen LogP contribution in [0.3, 0.4) is 0 Å². The topological polar surface area (TPSA) is 56.7 Å². The maximum atomic E-state index is 9.04. The van der Waals surface area contributed by atoms with E-state index in [1.807, 2.05) is 6.92 Å². The molecular weight excluding hydrogens is 389 g/mol. The summed E-state index contributed by atoms with van der Waals surface area (Å²) in [5.41, 5.74) is 3.96.